The lowest BCUT2D eigenvalue weighted by Gasteiger charge is -2.13. The maximum atomic E-state index is 6.17. The number of nitrogens with one attached hydrogen (secondary N) is 2. The van der Waals surface area contributed by atoms with Crippen molar-refractivity contribution in [2.45, 2.75) is 52.7 Å². The third-order valence-corrected chi connectivity index (χ3v) is 10.9. The largest absolute Gasteiger partial charge is 0.491 e. The van der Waals surface area contributed by atoms with Crippen LogP contribution in [-0.4, -0.2) is 42.1 Å². The number of aromatic nitrogens is 6. The number of ether oxygens (including phenoxy) is 2. The highest BCUT2D eigenvalue weighted by Gasteiger charge is 2.18. The predicted octanol–water partition coefficient (Wildman–Crippen LogP) is 11.9. The minimum atomic E-state index is 0.105. The molecule has 8 heteroatoms. The van der Waals surface area contributed by atoms with E-state index < -0.39 is 0 Å². The molecule has 2 aliphatic heterocycles. The van der Waals surface area contributed by atoms with Gasteiger partial charge in [0.2, 0.25) is 0 Å². The number of fused-ring (bicyclic) bond motifs is 8. The van der Waals surface area contributed by atoms with Crippen molar-refractivity contribution in [2.75, 3.05) is 0 Å². The van der Waals surface area contributed by atoms with Crippen LogP contribution in [-0.2, 0) is 0 Å². The number of hydrogen-bond acceptors (Lipinski definition) is 6. The van der Waals surface area contributed by atoms with Crippen LogP contribution >= 0.6 is 0 Å². The van der Waals surface area contributed by atoms with Crippen molar-refractivity contribution in [3.05, 3.63) is 167 Å². The molecule has 0 aliphatic carbocycles. The normalized spacial score (nSPS) is 12.5. The van der Waals surface area contributed by atoms with Gasteiger partial charge in [0.1, 0.15) is 11.5 Å². The average molecular weight is 809 g/mol. The molecule has 7 aromatic rings. The monoisotopic (exact) mass is 808 g/mol. The number of rotatable bonds is 8. The lowest BCUT2D eigenvalue weighted by atomic mass is 10.0. The van der Waals surface area contributed by atoms with E-state index in [1.54, 1.807) is 24.8 Å². The van der Waals surface area contributed by atoms with Crippen LogP contribution in [0.3, 0.4) is 0 Å². The molecule has 5 aromatic heterocycles. The molecule has 0 amide bonds. The standard InChI is InChI=1S/C54H44N6O2/c1-5-35(3)61-41-13-9-39(10-14-41)53-49-23-19-45(57-49)43(17-7-37-27-31-55-32-28-37)47-21-25-51(59-47)54(40-11-15-42(16-12-40)62-36(4)6-2)52-26-22-48(60-52)44(46-20-24-50(53)58-46)18-8-38-29-33-56-34-30-38/h9-16,19-36,57,60H,5-6H2,1-4H3/t35-,36-/m0/s1. The van der Waals surface area contributed by atoms with E-state index in [1.807, 2.05) is 60.7 Å². The molecule has 7 heterocycles. The Morgan fingerprint density at radius 2 is 0.823 bits per heavy atom. The molecule has 8 nitrogen and oxygen atoms in total. The third-order valence-electron chi connectivity index (χ3n) is 10.9. The topological polar surface area (TPSA) is 102 Å². The van der Waals surface area contributed by atoms with Gasteiger partial charge >= 0.3 is 0 Å². The summed E-state index contributed by atoms with van der Waals surface area (Å²) in [6.45, 7) is 8.40. The molecular weight excluding hydrogens is 765 g/mol. The molecule has 0 unspecified atom stereocenters. The van der Waals surface area contributed by atoms with E-state index in [2.05, 4.69) is 132 Å². The fourth-order valence-corrected chi connectivity index (χ4v) is 7.25. The zero-order chi connectivity index (χ0) is 42.4. The predicted molar refractivity (Wildman–Crippen MR) is 251 cm³/mol. The molecule has 2 N–H and O–H groups in total. The van der Waals surface area contributed by atoms with Gasteiger partial charge < -0.3 is 19.4 Å². The first kappa shape index (κ1) is 39.5. The average Bonchev–Trinajstić information content (AvgIpc) is 4.16. The van der Waals surface area contributed by atoms with Crippen molar-refractivity contribution in [3.63, 3.8) is 0 Å². The highest BCUT2D eigenvalue weighted by atomic mass is 16.5. The van der Waals surface area contributed by atoms with Crippen LogP contribution in [0.2, 0.25) is 0 Å². The first-order valence-electron chi connectivity index (χ1n) is 21.0. The van der Waals surface area contributed by atoms with Gasteiger partial charge in [-0.25, -0.2) is 9.97 Å². The van der Waals surface area contributed by atoms with E-state index in [-0.39, 0.29) is 12.2 Å². The minimum Gasteiger partial charge on any atom is -0.491 e. The van der Waals surface area contributed by atoms with Gasteiger partial charge in [-0.05, 0) is 135 Å². The fraction of sp³-hybridized carbons (Fsp3) is 0.148. The van der Waals surface area contributed by atoms with E-state index in [1.165, 1.54) is 0 Å². The molecular formula is C54H44N6O2. The number of pyridine rings is 2. The Morgan fingerprint density at radius 1 is 0.452 bits per heavy atom. The van der Waals surface area contributed by atoms with Gasteiger partial charge in [-0.1, -0.05) is 61.8 Å². The molecule has 0 saturated carbocycles. The summed E-state index contributed by atoms with van der Waals surface area (Å²) in [6.07, 6.45) is 17.2. The lowest BCUT2D eigenvalue weighted by Crippen LogP contribution is -2.09. The lowest BCUT2D eigenvalue weighted by molar-refractivity contribution is 0.217. The van der Waals surface area contributed by atoms with Crippen molar-refractivity contribution in [2.24, 2.45) is 0 Å². The van der Waals surface area contributed by atoms with Gasteiger partial charge in [-0.15, -0.1) is 0 Å². The van der Waals surface area contributed by atoms with E-state index in [0.29, 0.717) is 0 Å². The highest BCUT2D eigenvalue weighted by molar-refractivity contribution is 5.95. The fourth-order valence-electron chi connectivity index (χ4n) is 7.25. The number of aromatic amines is 2. The van der Waals surface area contributed by atoms with Gasteiger partial charge in [0.25, 0.3) is 0 Å². The number of benzene rings is 2. The van der Waals surface area contributed by atoms with E-state index in [9.17, 15) is 0 Å². The molecule has 2 aromatic carbocycles. The van der Waals surface area contributed by atoms with Gasteiger partial charge in [-0.2, -0.15) is 0 Å². The molecule has 0 fully saturated rings. The van der Waals surface area contributed by atoms with Crippen LogP contribution in [0.4, 0.5) is 0 Å². The summed E-state index contributed by atoms with van der Waals surface area (Å²) in [5.41, 5.74) is 13.5. The first-order chi connectivity index (χ1) is 30.4. The van der Waals surface area contributed by atoms with Gasteiger partial charge in [-0.3, -0.25) is 9.97 Å². The Hall–Kier alpha value is -7.94. The van der Waals surface area contributed by atoms with Crippen LogP contribution in [0.25, 0.3) is 68.6 Å². The summed E-state index contributed by atoms with van der Waals surface area (Å²) in [6, 6.07) is 32.4. The van der Waals surface area contributed by atoms with Crippen LogP contribution in [0.1, 0.15) is 85.6 Å². The first-order valence-corrected chi connectivity index (χ1v) is 21.0. The molecule has 9 rings (SSSR count). The zero-order valence-corrected chi connectivity index (χ0v) is 35.0. The van der Waals surface area contributed by atoms with E-state index in [0.717, 1.165) is 114 Å². The smallest absolute Gasteiger partial charge is 0.119 e. The highest BCUT2D eigenvalue weighted by Crippen LogP contribution is 2.35. The maximum Gasteiger partial charge on any atom is 0.119 e. The zero-order valence-electron chi connectivity index (χ0n) is 35.0. The summed E-state index contributed by atoms with van der Waals surface area (Å²) in [5, 5.41) is 0. The molecule has 0 saturated heterocycles. The van der Waals surface area contributed by atoms with Crippen molar-refractivity contribution in [3.8, 4) is 57.4 Å². The number of nitrogens with zero attached hydrogens (tertiary/aromatic N) is 4. The quantitative estimate of drug-likeness (QED) is 0.148. The van der Waals surface area contributed by atoms with Gasteiger partial charge in [0, 0.05) is 58.1 Å². The molecule has 0 spiro atoms. The van der Waals surface area contributed by atoms with E-state index in [4.69, 9.17) is 19.4 Å². The van der Waals surface area contributed by atoms with Crippen molar-refractivity contribution >= 4 is 46.4 Å². The Morgan fingerprint density at radius 3 is 1.21 bits per heavy atom. The second-order valence-electron chi connectivity index (χ2n) is 15.2. The summed E-state index contributed by atoms with van der Waals surface area (Å²) in [4.78, 5) is 26.5. The summed E-state index contributed by atoms with van der Waals surface area (Å²) < 4.78 is 12.3. The summed E-state index contributed by atoms with van der Waals surface area (Å²) in [5.74, 6) is 15.3. The molecule has 0 radical (unpaired) electrons. The molecule has 62 heavy (non-hydrogen) atoms. The Kier molecular flexibility index (Phi) is 11.3. The van der Waals surface area contributed by atoms with Crippen molar-refractivity contribution < 1.29 is 9.47 Å². The van der Waals surface area contributed by atoms with Crippen LogP contribution < -0.4 is 9.47 Å². The summed E-state index contributed by atoms with van der Waals surface area (Å²) in [7, 11) is 0. The van der Waals surface area contributed by atoms with Crippen molar-refractivity contribution in [1.29, 1.82) is 0 Å². The Bertz CT molecular complexity index is 2910. The second kappa shape index (κ2) is 17.7. The van der Waals surface area contributed by atoms with Gasteiger partial charge in [0.05, 0.1) is 57.1 Å². The third kappa shape index (κ3) is 8.54. The second-order valence-corrected chi connectivity index (χ2v) is 15.2. The minimum absolute atomic E-state index is 0.105. The molecule has 8 bridgehead atoms. The summed E-state index contributed by atoms with van der Waals surface area (Å²) >= 11 is 0. The van der Waals surface area contributed by atoms with Crippen LogP contribution in [0.15, 0.2) is 122 Å². The molecule has 302 valence electrons. The van der Waals surface area contributed by atoms with Crippen molar-refractivity contribution in [1.82, 2.24) is 29.9 Å². The SMILES string of the molecule is CC[C@H](C)Oc1ccc(-c2c3nc(c(C#Cc4ccncc4)c4ccc([nH]4)c(-c4ccc(O[C@@H](C)CC)cc4)c4nc(c(C#Cc5ccncc5)c5ccc2[nH]5)C=C4)C=C3)cc1. The van der Waals surface area contributed by atoms with Crippen LogP contribution in [0.5, 0.6) is 11.5 Å². The van der Waals surface area contributed by atoms with E-state index >= 15 is 0 Å². The Labute approximate surface area is 361 Å². The molecule has 2 atom stereocenters. The van der Waals surface area contributed by atoms with Crippen LogP contribution in [0, 0.1) is 23.7 Å². The maximum absolute atomic E-state index is 6.17. The Balaban J connectivity index is 1.35. The molecule has 2 aliphatic rings. The number of hydrogen-bond donors (Lipinski definition) is 2. The number of H-pyrrole nitrogens is 2. The van der Waals surface area contributed by atoms with Gasteiger partial charge in [0.15, 0.2) is 0 Å².